The van der Waals surface area contributed by atoms with Gasteiger partial charge >= 0.3 is 12.0 Å². The van der Waals surface area contributed by atoms with Crippen LogP contribution in [0.1, 0.15) is 18.5 Å². The summed E-state index contributed by atoms with van der Waals surface area (Å²) in [6, 6.07) is 14.9. The molecule has 0 aliphatic carbocycles. The van der Waals surface area contributed by atoms with Gasteiger partial charge in [-0.25, -0.2) is 9.59 Å². The summed E-state index contributed by atoms with van der Waals surface area (Å²) in [6.45, 7) is 5.23. The molecule has 10 heteroatoms. The molecule has 1 unspecified atom stereocenters. The molecule has 1 atom stereocenters. The molecule has 2 N–H and O–H groups in total. The minimum atomic E-state index is -0.592. The first-order chi connectivity index (χ1) is 16.5. The van der Waals surface area contributed by atoms with Crippen molar-refractivity contribution in [2.75, 3.05) is 44.2 Å². The molecule has 2 aliphatic heterocycles. The van der Waals surface area contributed by atoms with E-state index in [2.05, 4.69) is 20.4 Å². The highest BCUT2D eigenvalue weighted by Crippen LogP contribution is 2.28. The Hall–Kier alpha value is -3.92. The summed E-state index contributed by atoms with van der Waals surface area (Å²) in [5.41, 5.74) is 2.75. The van der Waals surface area contributed by atoms with Crippen molar-refractivity contribution in [3.63, 3.8) is 0 Å². The Bertz CT molecular complexity index is 1080. The van der Waals surface area contributed by atoms with E-state index in [0.717, 1.165) is 11.3 Å². The van der Waals surface area contributed by atoms with Crippen LogP contribution in [-0.4, -0.2) is 61.2 Å². The molecule has 2 heterocycles. The number of carbonyl (C=O) groups excluding carboxylic acids is 2. The lowest BCUT2D eigenvalue weighted by Gasteiger charge is -2.38. The predicted octanol–water partition coefficient (Wildman–Crippen LogP) is 2.59. The van der Waals surface area contributed by atoms with E-state index in [1.807, 2.05) is 30.3 Å². The number of rotatable bonds is 7. The van der Waals surface area contributed by atoms with Gasteiger partial charge < -0.3 is 20.3 Å². The van der Waals surface area contributed by atoms with Crippen molar-refractivity contribution in [1.29, 1.82) is 0 Å². The van der Waals surface area contributed by atoms with Gasteiger partial charge in [0.25, 0.3) is 5.69 Å². The van der Waals surface area contributed by atoms with Gasteiger partial charge in [-0.2, -0.15) is 0 Å². The second-order valence-electron chi connectivity index (χ2n) is 8.09. The van der Waals surface area contributed by atoms with E-state index in [1.165, 1.54) is 12.1 Å². The number of hydrogen-bond donors (Lipinski definition) is 2. The number of amides is 2. The molecule has 0 saturated carbocycles. The number of esters is 1. The molecule has 2 aromatic carbocycles. The minimum Gasteiger partial charge on any atom is -0.463 e. The van der Waals surface area contributed by atoms with Crippen LogP contribution in [-0.2, 0) is 9.53 Å². The third kappa shape index (κ3) is 5.18. The molecule has 2 amide bonds. The number of non-ortho nitro benzene ring substituents is 1. The number of ether oxygens (including phenoxy) is 1. The number of hydrogen-bond acceptors (Lipinski definition) is 7. The Kier molecular flexibility index (Phi) is 7.07. The van der Waals surface area contributed by atoms with E-state index in [0.29, 0.717) is 44.0 Å². The Morgan fingerprint density at radius 2 is 1.76 bits per heavy atom. The summed E-state index contributed by atoms with van der Waals surface area (Å²) in [4.78, 5) is 40.2. The highest BCUT2D eigenvalue weighted by molar-refractivity contribution is 5.95. The maximum atomic E-state index is 12.9. The molecular formula is C24H27N5O5. The number of anilines is 1. The quantitative estimate of drug-likeness (QED) is 0.367. The Labute approximate surface area is 197 Å². The van der Waals surface area contributed by atoms with Crippen LogP contribution in [0.3, 0.4) is 0 Å². The van der Waals surface area contributed by atoms with Crippen LogP contribution in [0.15, 0.2) is 65.9 Å². The maximum absolute atomic E-state index is 12.9. The van der Waals surface area contributed by atoms with E-state index in [-0.39, 0.29) is 18.3 Å². The van der Waals surface area contributed by atoms with E-state index in [9.17, 15) is 19.7 Å². The minimum absolute atomic E-state index is 0.0652. The fourth-order valence-corrected chi connectivity index (χ4v) is 4.26. The second-order valence-corrected chi connectivity index (χ2v) is 8.09. The number of nitro benzene ring substituents is 1. The summed E-state index contributed by atoms with van der Waals surface area (Å²) in [6.07, 6.45) is 0. The van der Waals surface area contributed by atoms with Crippen LogP contribution in [0.5, 0.6) is 0 Å². The summed E-state index contributed by atoms with van der Waals surface area (Å²) in [5, 5.41) is 16.6. The Balaban J connectivity index is 1.50. The maximum Gasteiger partial charge on any atom is 0.338 e. The van der Waals surface area contributed by atoms with Gasteiger partial charge in [0, 0.05) is 56.2 Å². The van der Waals surface area contributed by atoms with Gasteiger partial charge in [-0.15, -0.1) is 0 Å². The van der Waals surface area contributed by atoms with E-state index >= 15 is 0 Å². The van der Waals surface area contributed by atoms with Crippen LogP contribution in [0.25, 0.3) is 0 Å². The van der Waals surface area contributed by atoms with E-state index < -0.39 is 16.9 Å². The molecule has 34 heavy (non-hydrogen) atoms. The van der Waals surface area contributed by atoms with Gasteiger partial charge in [-0.05, 0) is 24.6 Å². The van der Waals surface area contributed by atoms with Gasteiger partial charge in [0.15, 0.2) is 0 Å². The summed E-state index contributed by atoms with van der Waals surface area (Å²) < 4.78 is 5.33. The van der Waals surface area contributed by atoms with E-state index in [1.54, 1.807) is 19.1 Å². The molecule has 2 aromatic rings. The monoisotopic (exact) mass is 465 g/mol. The predicted molar refractivity (Wildman–Crippen MR) is 126 cm³/mol. The molecule has 2 aliphatic rings. The SMILES string of the molecule is CCOC(=O)C1=C(CN2CCN(c3ccc([N+](=O)[O-])cc3)CC2)NC(=O)NC1c1ccccc1. The van der Waals surface area contributed by atoms with Crippen molar-refractivity contribution in [3.8, 4) is 0 Å². The van der Waals surface area contributed by atoms with Gasteiger partial charge in [0.05, 0.1) is 23.1 Å². The number of piperazine rings is 1. The number of benzene rings is 2. The summed E-state index contributed by atoms with van der Waals surface area (Å²) in [5.74, 6) is -0.455. The van der Waals surface area contributed by atoms with Crippen LogP contribution >= 0.6 is 0 Å². The molecule has 0 bridgehead atoms. The van der Waals surface area contributed by atoms with Crippen molar-refractivity contribution in [1.82, 2.24) is 15.5 Å². The van der Waals surface area contributed by atoms with Gasteiger partial charge in [0.1, 0.15) is 0 Å². The lowest BCUT2D eigenvalue weighted by molar-refractivity contribution is -0.384. The lowest BCUT2D eigenvalue weighted by atomic mass is 9.95. The van der Waals surface area contributed by atoms with Crippen molar-refractivity contribution in [2.24, 2.45) is 0 Å². The Morgan fingerprint density at radius 3 is 2.38 bits per heavy atom. The largest absolute Gasteiger partial charge is 0.463 e. The molecule has 0 aromatic heterocycles. The van der Waals surface area contributed by atoms with Crippen molar-refractivity contribution < 1.29 is 19.2 Å². The third-order valence-corrected chi connectivity index (χ3v) is 5.96. The summed E-state index contributed by atoms with van der Waals surface area (Å²) >= 11 is 0. The van der Waals surface area contributed by atoms with E-state index in [4.69, 9.17) is 4.74 Å². The first-order valence-electron chi connectivity index (χ1n) is 11.2. The lowest BCUT2D eigenvalue weighted by Crippen LogP contribution is -2.51. The molecule has 1 fully saturated rings. The summed E-state index contributed by atoms with van der Waals surface area (Å²) in [7, 11) is 0. The van der Waals surface area contributed by atoms with Crippen molar-refractivity contribution in [3.05, 3.63) is 81.5 Å². The van der Waals surface area contributed by atoms with Crippen LogP contribution in [0, 0.1) is 10.1 Å². The molecule has 0 radical (unpaired) electrons. The van der Waals surface area contributed by atoms with Crippen molar-refractivity contribution in [2.45, 2.75) is 13.0 Å². The molecule has 1 saturated heterocycles. The first kappa shape index (κ1) is 23.2. The molecule has 178 valence electrons. The zero-order valence-electron chi connectivity index (χ0n) is 18.9. The third-order valence-electron chi connectivity index (χ3n) is 5.96. The fraction of sp³-hybridized carbons (Fsp3) is 0.333. The van der Waals surface area contributed by atoms with Crippen LogP contribution in [0.2, 0.25) is 0 Å². The normalized spacial score (nSPS) is 18.8. The fourth-order valence-electron chi connectivity index (χ4n) is 4.26. The number of nitro groups is 1. The molecule has 4 rings (SSSR count). The van der Waals surface area contributed by atoms with Gasteiger partial charge in [-0.3, -0.25) is 15.0 Å². The van der Waals surface area contributed by atoms with Crippen LogP contribution in [0.4, 0.5) is 16.2 Å². The number of nitrogens with one attached hydrogen (secondary N) is 2. The topological polar surface area (TPSA) is 117 Å². The second kappa shape index (κ2) is 10.3. The molecular weight excluding hydrogens is 438 g/mol. The highest BCUT2D eigenvalue weighted by atomic mass is 16.6. The number of nitrogens with zero attached hydrogens (tertiary/aromatic N) is 3. The highest BCUT2D eigenvalue weighted by Gasteiger charge is 2.34. The Morgan fingerprint density at radius 1 is 1.09 bits per heavy atom. The average Bonchev–Trinajstić information content (AvgIpc) is 2.85. The van der Waals surface area contributed by atoms with Gasteiger partial charge in [0.2, 0.25) is 0 Å². The average molecular weight is 466 g/mol. The zero-order chi connectivity index (χ0) is 24.1. The standard InChI is InChI=1S/C24H27N5O5/c1-2-34-23(30)21-20(25-24(31)26-22(21)17-6-4-3-5-7-17)16-27-12-14-28(15-13-27)18-8-10-19(11-9-18)29(32)33/h3-11,22H,2,12-16H2,1H3,(H2,25,26,31). The first-order valence-corrected chi connectivity index (χ1v) is 11.2. The molecule has 0 spiro atoms. The van der Waals surface area contributed by atoms with Gasteiger partial charge in [-0.1, -0.05) is 30.3 Å². The van der Waals surface area contributed by atoms with Crippen molar-refractivity contribution >= 4 is 23.4 Å². The number of carbonyl (C=O) groups is 2. The van der Waals surface area contributed by atoms with Crippen LogP contribution < -0.4 is 15.5 Å². The number of urea groups is 1. The smallest absolute Gasteiger partial charge is 0.338 e. The molecule has 10 nitrogen and oxygen atoms in total. The zero-order valence-corrected chi connectivity index (χ0v) is 18.9.